The Bertz CT molecular complexity index is 1340. The Morgan fingerprint density at radius 3 is 2.56 bits per heavy atom. The molecule has 5 rings (SSSR count). The molecule has 2 aromatic carbocycles. The van der Waals surface area contributed by atoms with Gasteiger partial charge in [0.2, 0.25) is 0 Å². The van der Waals surface area contributed by atoms with E-state index in [4.69, 9.17) is 11.6 Å². The quantitative estimate of drug-likeness (QED) is 0.413. The number of aromatic nitrogens is 2. The van der Waals surface area contributed by atoms with Crippen LogP contribution in [0, 0.1) is 11.6 Å². The molecule has 4 aromatic rings. The van der Waals surface area contributed by atoms with Gasteiger partial charge in [-0.3, -0.25) is 4.98 Å². The maximum Gasteiger partial charge on any atom is 1.00 e. The summed E-state index contributed by atoms with van der Waals surface area (Å²) in [6, 6.07) is 10.9. The Labute approximate surface area is 213 Å². The summed E-state index contributed by atoms with van der Waals surface area (Å²) in [6.07, 6.45) is 5.10. The van der Waals surface area contributed by atoms with Crippen molar-refractivity contribution in [2.24, 2.45) is 0 Å². The third-order valence-corrected chi connectivity index (χ3v) is 6.73. The van der Waals surface area contributed by atoms with E-state index in [0.29, 0.717) is 21.5 Å². The van der Waals surface area contributed by atoms with Gasteiger partial charge in [0.1, 0.15) is 5.82 Å². The van der Waals surface area contributed by atoms with E-state index in [-0.39, 0.29) is 45.4 Å². The smallest absolute Gasteiger partial charge is 0.545 e. The van der Waals surface area contributed by atoms with Crippen LogP contribution >= 0.6 is 23.4 Å². The fourth-order valence-electron chi connectivity index (χ4n) is 3.75. The van der Waals surface area contributed by atoms with Crippen molar-refractivity contribution in [3.63, 3.8) is 0 Å². The molecule has 1 aliphatic rings. The summed E-state index contributed by atoms with van der Waals surface area (Å²) in [5, 5.41) is 11.8. The molecule has 0 atom stereocenters. The molecule has 0 bridgehead atoms. The Morgan fingerprint density at radius 2 is 1.91 bits per heavy atom. The zero-order valence-electron chi connectivity index (χ0n) is 16.9. The van der Waals surface area contributed by atoms with Crippen LogP contribution in [0.5, 0.6) is 0 Å². The molecule has 4 nitrogen and oxygen atoms in total. The Balaban J connectivity index is 0.00000245. The molecular weight excluding hydrogens is 465 g/mol. The second kappa shape index (κ2) is 9.15. The molecule has 0 aliphatic heterocycles. The number of nitrogens with zero attached hydrogens (tertiary/aromatic N) is 2. The van der Waals surface area contributed by atoms with Crippen molar-refractivity contribution in [3.05, 3.63) is 82.8 Å². The molecule has 0 radical (unpaired) electrons. The number of carboxylic acids is 1. The molecule has 156 valence electrons. The van der Waals surface area contributed by atoms with Gasteiger partial charge in [-0.2, -0.15) is 0 Å². The summed E-state index contributed by atoms with van der Waals surface area (Å²) in [7, 11) is 0. The fraction of sp³-hybridized carbons (Fsp3) is 0.130. The molecule has 1 aliphatic carbocycles. The van der Waals surface area contributed by atoms with Crippen LogP contribution in [0.2, 0.25) is 5.02 Å². The van der Waals surface area contributed by atoms with E-state index < -0.39 is 23.2 Å². The molecule has 2 aromatic heterocycles. The zero-order chi connectivity index (χ0) is 21.7. The fourth-order valence-corrected chi connectivity index (χ4v) is 5.10. The van der Waals surface area contributed by atoms with Gasteiger partial charge in [-0.15, -0.1) is 0 Å². The normalized spacial score (nSPS) is 13.2. The third-order valence-electron chi connectivity index (χ3n) is 5.27. The van der Waals surface area contributed by atoms with E-state index in [1.807, 2.05) is 6.07 Å². The standard InChI is InChI=1S/C23H15ClF2N2O2S.Na/c24-16-9-8-15-21(19(16)26)28(13-3-2-10-27-11-13)20(12-6-7-12)22(15)31-17-5-1-4-14(18(17)25)23(29)30;/h1-5,8-12H,6-7H2,(H,29,30);/q;+1/p-1. The SMILES string of the molecule is O=C([O-])c1cccc(Sc2c(C3CC3)n(-c3cccnc3)c3c(F)c(Cl)ccc23)c1F.[Na+]. The number of benzene rings is 2. The third kappa shape index (κ3) is 3.97. The number of carbonyl (C=O) groups excluding carboxylic acids is 1. The van der Waals surface area contributed by atoms with Crippen molar-refractivity contribution >= 4 is 40.2 Å². The summed E-state index contributed by atoms with van der Waals surface area (Å²) >= 11 is 7.19. The average molecular weight is 479 g/mol. The van der Waals surface area contributed by atoms with Crippen molar-refractivity contribution in [3.8, 4) is 5.69 Å². The number of hydrogen-bond acceptors (Lipinski definition) is 4. The molecule has 9 heteroatoms. The van der Waals surface area contributed by atoms with Crippen molar-refractivity contribution in [1.29, 1.82) is 0 Å². The molecule has 2 heterocycles. The van der Waals surface area contributed by atoms with Crippen molar-refractivity contribution in [2.75, 3.05) is 0 Å². The number of carboxylic acid groups (broad SMARTS) is 1. The first-order chi connectivity index (χ1) is 15.0. The van der Waals surface area contributed by atoms with Crippen LogP contribution < -0.4 is 34.7 Å². The van der Waals surface area contributed by atoms with E-state index in [9.17, 15) is 14.3 Å². The minimum atomic E-state index is -1.59. The van der Waals surface area contributed by atoms with Crippen molar-refractivity contribution < 1.29 is 48.2 Å². The number of rotatable bonds is 5. The maximum atomic E-state index is 15.3. The molecule has 0 amide bonds. The molecule has 0 unspecified atom stereocenters. The topological polar surface area (TPSA) is 57.9 Å². The van der Waals surface area contributed by atoms with E-state index in [2.05, 4.69) is 4.98 Å². The van der Waals surface area contributed by atoms with E-state index >= 15 is 4.39 Å². The number of fused-ring (bicyclic) bond motifs is 1. The predicted octanol–water partition coefficient (Wildman–Crippen LogP) is 2.35. The number of aromatic carboxylic acids is 1. The first-order valence-corrected chi connectivity index (χ1v) is 10.8. The van der Waals surface area contributed by atoms with Gasteiger partial charge in [0.05, 0.1) is 28.4 Å². The van der Waals surface area contributed by atoms with Gasteiger partial charge in [0.15, 0.2) is 5.82 Å². The average Bonchev–Trinajstić information content (AvgIpc) is 3.55. The minimum Gasteiger partial charge on any atom is -0.545 e. The van der Waals surface area contributed by atoms with Gasteiger partial charge in [-0.25, -0.2) is 8.78 Å². The van der Waals surface area contributed by atoms with Crippen molar-refractivity contribution in [2.45, 2.75) is 28.6 Å². The first kappa shape index (κ1) is 23.3. The molecule has 1 saturated carbocycles. The predicted molar refractivity (Wildman–Crippen MR) is 113 cm³/mol. The van der Waals surface area contributed by atoms with Gasteiger partial charge >= 0.3 is 29.6 Å². The Morgan fingerprint density at radius 1 is 1.12 bits per heavy atom. The van der Waals surface area contributed by atoms with Crippen LogP contribution in [0.25, 0.3) is 16.6 Å². The molecule has 0 spiro atoms. The molecule has 0 N–H and O–H groups in total. The maximum absolute atomic E-state index is 15.3. The zero-order valence-corrected chi connectivity index (χ0v) is 20.5. The molecule has 0 saturated heterocycles. The molecule has 1 fully saturated rings. The number of carbonyl (C=O) groups is 1. The van der Waals surface area contributed by atoms with Crippen LogP contribution in [0.15, 0.2) is 64.6 Å². The van der Waals surface area contributed by atoms with Gasteiger partial charge in [-0.1, -0.05) is 35.5 Å². The summed E-state index contributed by atoms with van der Waals surface area (Å²) in [5.41, 5.74) is 1.29. The largest absolute Gasteiger partial charge is 1.00 e. The van der Waals surface area contributed by atoms with Crippen molar-refractivity contribution in [1.82, 2.24) is 9.55 Å². The van der Waals surface area contributed by atoms with Gasteiger partial charge in [0.25, 0.3) is 0 Å². The summed E-state index contributed by atoms with van der Waals surface area (Å²) in [4.78, 5) is 16.2. The molecular formula is C23H14ClF2N2NaO2S. The van der Waals surface area contributed by atoms with Crippen LogP contribution in [-0.4, -0.2) is 15.5 Å². The number of halogens is 3. The van der Waals surface area contributed by atoms with Crippen LogP contribution in [0.1, 0.15) is 34.8 Å². The van der Waals surface area contributed by atoms with Crippen LogP contribution in [0.4, 0.5) is 8.78 Å². The summed E-state index contributed by atoms with van der Waals surface area (Å²) in [6.45, 7) is 0. The summed E-state index contributed by atoms with van der Waals surface area (Å²) in [5.74, 6) is -2.86. The monoisotopic (exact) mass is 478 g/mol. The van der Waals surface area contributed by atoms with E-state index in [0.717, 1.165) is 36.4 Å². The minimum absolute atomic E-state index is 0. The summed E-state index contributed by atoms with van der Waals surface area (Å²) < 4.78 is 31.9. The van der Waals surface area contributed by atoms with Gasteiger partial charge < -0.3 is 14.5 Å². The Kier molecular flexibility index (Phi) is 6.66. The first-order valence-electron chi connectivity index (χ1n) is 9.57. The van der Waals surface area contributed by atoms with E-state index in [1.165, 1.54) is 18.2 Å². The second-order valence-corrected chi connectivity index (χ2v) is 8.76. The second-order valence-electron chi connectivity index (χ2n) is 7.30. The molecule has 32 heavy (non-hydrogen) atoms. The number of pyridine rings is 1. The van der Waals surface area contributed by atoms with Crippen LogP contribution in [-0.2, 0) is 0 Å². The Hall–Kier alpha value is -1.90. The van der Waals surface area contributed by atoms with Gasteiger partial charge in [-0.05, 0) is 43.2 Å². The van der Waals surface area contributed by atoms with E-state index in [1.54, 1.807) is 29.1 Å². The van der Waals surface area contributed by atoms with Gasteiger partial charge in [0, 0.05) is 38.5 Å². The number of hydrogen-bond donors (Lipinski definition) is 0. The van der Waals surface area contributed by atoms with Crippen LogP contribution in [0.3, 0.4) is 0 Å².